The molecule has 0 aromatic carbocycles. The molecular weight excluding hydrogens is 412 g/mol. The number of hydrogen-bond acceptors (Lipinski definition) is 10. The molecule has 0 radical (unpaired) electrons. The van der Waals surface area contributed by atoms with Gasteiger partial charge in [0.25, 0.3) is 0 Å². The lowest BCUT2D eigenvalue weighted by Gasteiger charge is -2.45. The number of fused-ring (bicyclic) bond motifs is 2. The normalized spacial score (nSPS) is 36.0. The van der Waals surface area contributed by atoms with Crippen molar-refractivity contribution >= 4 is 23.9 Å². The Morgan fingerprint density at radius 3 is 1.94 bits per heavy atom. The molecule has 31 heavy (non-hydrogen) atoms. The van der Waals surface area contributed by atoms with Crippen molar-refractivity contribution in [3.05, 3.63) is 12.2 Å². The maximum absolute atomic E-state index is 11.8. The summed E-state index contributed by atoms with van der Waals surface area (Å²) < 4.78 is 33.4. The Bertz CT molecular complexity index is 746. The second-order valence-electron chi connectivity index (χ2n) is 8.02. The Labute approximate surface area is 180 Å². The first-order valence-corrected chi connectivity index (χ1v) is 10.3. The van der Waals surface area contributed by atoms with E-state index in [1.54, 1.807) is 0 Å². The Morgan fingerprint density at radius 1 is 0.806 bits per heavy atom. The van der Waals surface area contributed by atoms with Crippen LogP contribution in [0.1, 0.15) is 40.5 Å². The van der Waals surface area contributed by atoms with Crippen molar-refractivity contribution in [2.75, 3.05) is 6.61 Å². The van der Waals surface area contributed by atoms with Gasteiger partial charge < -0.3 is 28.4 Å². The van der Waals surface area contributed by atoms with Gasteiger partial charge in [-0.1, -0.05) is 12.2 Å². The van der Waals surface area contributed by atoms with Crippen LogP contribution in [-0.4, -0.2) is 67.3 Å². The molecule has 1 saturated carbocycles. The molecule has 10 nitrogen and oxygen atoms in total. The van der Waals surface area contributed by atoms with E-state index >= 15 is 0 Å². The molecule has 2 aliphatic carbocycles. The molecule has 0 aromatic heterocycles. The zero-order chi connectivity index (χ0) is 22.7. The molecular formula is C21H28O10. The summed E-state index contributed by atoms with van der Waals surface area (Å²) in [6, 6.07) is 0. The number of esters is 4. The summed E-state index contributed by atoms with van der Waals surface area (Å²) in [7, 11) is 0. The van der Waals surface area contributed by atoms with Crippen molar-refractivity contribution in [2.24, 2.45) is 11.8 Å². The van der Waals surface area contributed by atoms with E-state index < -0.39 is 54.6 Å². The Hall–Kier alpha value is -2.46. The van der Waals surface area contributed by atoms with Gasteiger partial charge in [-0.2, -0.15) is 0 Å². The number of carbonyl (C=O) groups excluding carboxylic acids is 4. The quantitative estimate of drug-likeness (QED) is 0.322. The van der Waals surface area contributed by atoms with Gasteiger partial charge in [0.15, 0.2) is 24.6 Å². The van der Waals surface area contributed by atoms with Crippen molar-refractivity contribution in [1.29, 1.82) is 0 Å². The van der Waals surface area contributed by atoms with Crippen LogP contribution in [0.25, 0.3) is 0 Å². The van der Waals surface area contributed by atoms with Gasteiger partial charge in [-0.05, 0) is 18.8 Å². The molecule has 0 spiro atoms. The van der Waals surface area contributed by atoms with E-state index in [2.05, 4.69) is 12.2 Å². The van der Waals surface area contributed by atoms with Crippen molar-refractivity contribution < 1.29 is 47.6 Å². The number of hydrogen-bond donors (Lipinski definition) is 0. The van der Waals surface area contributed by atoms with Gasteiger partial charge in [-0.15, -0.1) is 0 Å². The van der Waals surface area contributed by atoms with Gasteiger partial charge in [0.05, 0.1) is 6.10 Å². The average Bonchev–Trinajstić information content (AvgIpc) is 3.27. The number of carbonyl (C=O) groups is 4. The van der Waals surface area contributed by atoms with Gasteiger partial charge in [0, 0.05) is 33.6 Å². The van der Waals surface area contributed by atoms with Crippen molar-refractivity contribution in [3.8, 4) is 0 Å². The summed E-state index contributed by atoms with van der Waals surface area (Å²) in [4.78, 5) is 46.7. The van der Waals surface area contributed by atoms with Crippen LogP contribution in [0.3, 0.4) is 0 Å². The minimum absolute atomic E-state index is 0.171. The van der Waals surface area contributed by atoms with Crippen LogP contribution in [-0.2, 0) is 47.6 Å². The lowest BCUT2D eigenvalue weighted by Crippen LogP contribution is -2.63. The third kappa shape index (κ3) is 5.82. The highest BCUT2D eigenvalue weighted by Crippen LogP contribution is 2.42. The first-order chi connectivity index (χ1) is 14.6. The molecule has 2 fully saturated rings. The highest BCUT2D eigenvalue weighted by molar-refractivity contribution is 5.68. The van der Waals surface area contributed by atoms with Gasteiger partial charge >= 0.3 is 23.9 Å². The van der Waals surface area contributed by atoms with E-state index in [0.29, 0.717) is 5.92 Å². The second-order valence-corrected chi connectivity index (χ2v) is 8.02. The maximum atomic E-state index is 11.8. The van der Waals surface area contributed by atoms with Crippen molar-refractivity contribution in [2.45, 2.75) is 77.3 Å². The molecule has 8 atom stereocenters. The monoisotopic (exact) mass is 440 g/mol. The maximum Gasteiger partial charge on any atom is 0.303 e. The summed E-state index contributed by atoms with van der Waals surface area (Å²) in [5.74, 6) is -1.93. The molecule has 1 saturated heterocycles. The van der Waals surface area contributed by atoms with Crippen molar-refractivity contribution in [3.63, 3.8) is 0 Å². The van der Waals surface area contributed by atoms with Crippen LogP contribution in [0.2, 0.25) is 0 Å². The van der Waals surface area contributed by atoms with Gasteiger partial charge in [-0.25, -0.2) is 0 Å². The number of rotatable bonds is 7. The zero-order valence-corrected chi connectivity index (χ0v) is 18.0. The van der Waals surface area contributed by atoms with Crippen molar-refractivity contribution in [1.82, 2.24) is 0 Å². The fourth-order valence-corrected chi connectivity index (χ4v) is 4.36. The zero-order valence-electron chi connectivity index (χ0n) is 18.0. The molecule has 0 amide bonds. The average molecular weight is 440 g/mol. The standard InChI is InChI=1S/C21H28O10/c1-10(22)26-9-17-18(27-11(2)23)19(28-12(3)24)20(29-13(4)25)21(31-17)30-16-8-14-5-6-15(16)7-14/h5-6,14-21H,7-9H2,1-4H3/t14?,15?,16?,17-,18-,19+,20-,21?/m1/s1. The van der Waals surface area contributed by atoms with E-state index in [1.165, 1.54) is 27.7 Å². The van der Waals surface area contributed by atoms with E-state index in [-0.39, 0.29) is 18.6 Å². The highest BCUT2D eigenvalue weighted by Gasteiger charge is 2.54. The van der Waals surface area contributed by atoms with Crippen LogP contribution in [0.15, 0.2) is 12.2 Å². The van der Waals surface area contributed by atoms with Crippen LogP contribution in [0.5, 0.6) is 0 Å². The predicted octanol–water partition coefficient (Wildman–Crippen LogP) is 1.05. The largest absolute Gasteiger partial charge is 0.463 e. The smallest absolute Gasteiger partial charge is 0.303 e. The molecule has 1 aliphatic heterocycles. The topological polar surface area (TPSA) is 124 Å². The Balaban J connectivity index is 1.89. The molecule has 172 valence electrons. The summed E-state index contributed by atoms with van der Waals surface area (Å²) >= 11 is 0. The molecule has 3 aliphatic rings. The summed E-state index contributed by atoms with van der Waals surface area (Å²) in [5.41, 5.74) is 0. The lowest BCUT2D eigenvalue weighted by molar-refractivity contribution is -0.318. The fourth-order valence-electron chi connectivity index (χ4n) is 4.36. The molecule has 2 bridgehead atoms. The third-order valence-corrected chi connectivity index (χ3v) is 5.48. The molecule has 0 aromatic rings. The summed E-state index contributed by atoms with van der Waals surface area (Å²) in [6.07, 6.45) is 0.148. The SMILES string of the molecule is CC(=O)OC[C@H]1OC(OC2CC3C=CC2C3)[C@H](OC(C)=O)[C@@H](OC(C)=O)[C@@H]1OC(C)=O. The van der Waals surface area contributed by atoms with Crippen LogP contribution < -0.4 is 0 Å². The molecule has 10 heteroatoms. The van der Waals surface area contributed by atoms with Gasteiger partial charge in [-0.3, -0.25) is 19.2 Å². The summed E-state index contributed by atoms with van der Waals surface area (Å²) in [5, 5.41) is 0. The fraction of sp³-hybridized carbons (Fsp3) is 0.714. The number of ether oxygens (including phenoxy) is 6. The molecule has 4 unspecified atom stereocenters. The molecule has 1 heterocycles. The first-order valence-electron chi connectivity index (χ1n) is 10.3. The molecule has 3 rings (SSSR count). The van der Waals surface area contributed by atoms with E-state index in [0.717, 1.165) is 12.8 Å². The first kappa shape index (κ1) is 23.2. The minimum Gasteiger partial charge on any atom is -0.463 e. The van der Waals surface area contributed by atoms with Gasteiger partial charge in [0.2, 0.25) is 0 Å². The number of allylic oxidation sites excluding steroid dienone is 1. The van der Waals surface area contributed by atoms with Gasteiger partial charge in [0.1, 0.15) is 12.7 Å². The highest BCUT2D eigenvalue weighted by atomic mass is 16.7. The summed E-state index contributed by atoms with van der Waals surface area (Å²) in [6.45, 7) is 4.52. The lowest BCUT2D eigenvalue weighted by atomic mass is 9.97. The Kier molecular flexibility index (Phi) is 7.32. The van der Waals surface area contributed by atoms with E-state index in [9.17, 15) is 19.2 Å². The van der Waals surface area contributed by atoms with Crippen LogP contribution >= 0.6 is 0 Å². The van der Waals surface area contributed by atoms with Crippen LogP contribution in [0, 0.1) is 11.8 Å². The third-order valence-electron chi connectivity index (χ3n) is 5.48. The van der Waals surface area contributed by atoms with E-state index in [4.69, 9.17) is 28.4 Å². The second kappa shape index (κ2) is 9.78. The minimum atomic E-state index is -1.21. The van der Waals surface area contributed by atoms with E-state index in [1.807, 2.05) is 0 Å². The predicted molar refractivity (Wildman–Crippen MR) is 102 cm³/mol. The van der Waals surface area contributed by atoms with Crippen LogP contribution in [0.4, 0.5) is 0 Å². The Morgan fingerprint density at radius 2 is 1.42 bits per heavy atom. The molecule has 0 N–H and O–H groups in total.